The molecular formula is C18H18N2O2S. The molecule has 3 rings (SSSR count). The number of hydrogen-bond donors (Lipinski definition) is 1. The molecule has 0 atom stereocenters. The fourth-order valence-electron chi connectivity index (χ4n) is 2.60. The molecule has 1 aromatic heterocycles. The van der Waals surface area contributed by atoms with E-state index in [1.165, 1.54) is 0 Å². The molecule has 0 saturated carbocycles. The van der Waals surface area contributed by atoms with Crippen molar-refractivity contribution in [1.82, 2.24) is 4.57 Å². The number of aromatic nitrogens is 1. The highest BCUT2D eigenvalue weighted by Crippen LogP contribution is 2.18. The number of para-hydroxylation sites is 3. The summed E-state index contributed by atoms with van der Waals surface area (Å²) in [5, 5.41) is 2.97. The Kier molecular flexibility index (Phi) is 4.57. The quantitative estimate of drug-likeness (QED) is 0.699. The van der Waals surface area contributed by atoms with Crippen LogP contribution in [0.25, 0.3) is 11.1 Å². The number of rotatable bonds is 5. The number of benzene rings is 2. The average Bonchev–Trinajstić information content (AvgIpc) is 2.88. The molecule has 1 amide bonds. The Labute approximate surface area is 139 Å². The summed E-state index contributed by atoms with van der Waals surface area (Å²) in [4.78, 5) is 12.6. The first-order valence-corrected chi connectivity index (χ1v) is 8.06. The highest BCUT2D eigenvalue weighted by molar-refractivity contribution is 7.71. The standard InChI is InChI=1S/C18H18N2O2S/c1-2-13-7-3-4-8-14(13)19-17(21)11-12-20-15-9-5-6-10-16(15)22-18(20)23/h3-10H,2,11-12H2,1H3,(H,19,21). The third-order valence-corrected chi connectivity index (χ3v) is 4.11. The summed E-state index contributed by atoms with van der Waals surface area (Å²) in [5.74, 6) is -0.0296. The zero-order chi connectivity index (χ0) is 16.2. The number of nitrogens with one attached hydrogen (secondary N) is 1. The Balaban J connectivity index is 1.71. The van der Waals surface area contributed by atoms with E-state index in [-0.39, 0.29) is 5.91 Å². The van der Waals surface area contributed by atoms with Gasteiger partial charge in [-0.3, -0.25) is 9.36 Å². The molecule has 0 bridgehead atoms. The molecule has 1 N–H and O–H groups in total. The van der Waals surface area contributed by atoms with Gasteiger partial charge in [0.2, 0.25) is 5.91 Å². The van der Waals surface area contributed by atoms with Crippen LogP contribution in [0.4, 0.5) is 5.69 Å². The second kappa shape index (κ2) is 6.79. The van der Waals surface area contributed by atoms with Crippen molar-refractivity contribution in [3.63, 3.8) is 0 Å². The first-order valence-electron chi connectivity index (χ1n) is 7.65. The zero-order valence-corrected chi connectivity index (χ0v) is 13.7. The molecule has 23 heavy (non-hydrogen) atoms. The van der Waals surface area contributed by atoms with Crippen LogP contribution in [0.2, 0.25) is 0 Å². The molecule has 0 aliphatic carbocycles. The number of anilines is 1. The Morgan fingerprint density at radius 1 is 1.17 bits per heavy atom. The topological polar surface area (TPSA) is 47.2 Å². The highest BCUT2D eigenvalue weighted by Gasteiger charge is 2.09. The van der Waals surface area contributed by atoms with Crippen molar-refractivity contribution >= 4 is 34.9 Å². The molecule has 2 aromatic carbocycles. The maximum atomic E-state index is 12.2. The number of fused-ring (bicyclic) bond motifs is 1. The lowest BCUT2D eigenvalue weighted by Crippen LogP contribution is -2.15. The second-order valence-corrected chi connectivity index (χ2v) is 5.65. The Hall–Kier alpha value is -2.40. The molecular weight excluding hydrogens is 308 g/mol. The fraction of sp³-hybridized carbons (Fsp3) is 0.222. The van der Waals surface area contributed by atoms with E-state index in [0.29, 0.717) is 17.8 Å². The molecule has 3 aromatic rings. The Bertz CT molecular complexity index is 895. The second-order valence-electron chi connectivity index (χ2n) is 5.30. The summed E-state index contributed by atoms with van der Waals surface area (Å²) in [6.07, 6.45) is 1.23. The van der Waals surface area contributed by atoms with Gasteiger partial charge in [0.25, 0.3) is 4.84 Å². The number of nitrogens with zero attached hydrogens (tertiary/aromatic N) is 1. The maximum Gasteiger partial charge on any atom is 0.269 e. The van der Waals surface area contributed by atoms with E-state index >= 15 is 0 Å². The van der Waals surface area contributed by atoms with Crippen LogP contribution in [0.5, 0.6) is 0 Å². The van der Waals surface area contributed by atoms with E-state index in [4.69, 9.17) is 16.6 Å². The van der Waals surface area contributed by atoms with Crippen molar-refractivity contribution in [1.29, 1.82) is 0 Å². The molecule has 0 fully saturated rings. The summed E-state index contributed by atoms with van der Waals surface area (Å²) >= 11 is 5.24. The van der Waals surface area contributed by atoms with Gasteiger partial charge in [0, 0.05) is 18.7 Å². The molecule has 0 aliphatic rings. The number of carbonyl (C=O) groups is 1. The molecule has 1 heterocycles. The van der Waals surface area contributed by atoms with Crippen LogP contribution in [-0.4, -0.2) is 10.5 Å². The highest BCUT2D eigenvalue weighted by atomic mass is 32.1. The lowest BCUT2D eigenvalue weighted by molar-refractivity contribution is -0.116. The van der Waals surface area contributed by atoms with Gasteiger partial charge >= 0.3 is 0 Å². The van der Waals surface area contributed by atoms with E-state index in [2.05, 4.69) is 12.2 Å². The van der Waals surface area contributed by atoms with E-state index in [1.54, 1.807) is 0 Å². The maximum absolute atomic E-state index is 12.2. The summed E-state index contributed by atoms with van der Waals surface area (Å²) in [5.41, 5.74) is 3.67. The smallest absolute Gasteiger partial charge is 0.269 e. The largest absolute Gasteiger partial charge is 0.429 e. The summed E-state index contributed by atoms with van der Waals surface area (Å²) in [7, 11) is 0. The van der Waals surface area contributed by atoms with Gasteiger partial charge in [-0.05, 0) is 42.4 Å². The predicted molar refractivity (Wildman–Crippen MR) is 94.1 cm³/mol. The summed E-state index contributed by atoms with van der Waals surface area (Å²) < 4.78 is 7.39. The van der Waals surface area contributed by atoms with Crippen molar-refractivity contribution < 1.29 is 9.21 Å². The minimum atomic E-state index is -0.0296. The molecule has 0 unspecified atom stereocenters. The van der Waals surface area contributed by atoms with Crippen molar-refractivity contribution in [2.75, 3.05) is 5.32 Å². The summed E-state index contributed by atoms with van der Waals surface area (Å²) in [6.45, 7) is 2.57. The monoisotopic (exact) mass is 326 g/mol. The molecule has 0 radical (unpaired) electrons. The van der Waals surface area contributed by atoms with Gasteiger partial charge < -0.3 is 9.73 Å². The van der Waals surface area contributed by atoms with Crippen LogP contribution in [0.3, 0.4) is 0 Å². The van der Waals surface area contributed by atoms with Gasteiger partial charge in [0.05, 0.1) is 5.52 Å². The number of hydrogen-bond acceptors (Lipinski definition) is 3. The minimum absolute atomic E-state index is 0.0296. The van der Waals surface area contributed by atoms with Crippen LogP contribution in [-0.2, 0) is 17.8 Å². The van der Waals surface area contributed by atoms with Crippen molar-refractivity contribution in [3.05, 3.63) is 58.9 Å². The first kappa shape index (κ1) is 15.5. The van der Waals surface area contributed by atoms with Gasteiger partial charge in [0.1, 0.15) is 0 Å². The summed E-state index contributed by atoms with van der Waals surface area (Å²) in [6, 6.07) is 15.5. The lowest BCUT2D eigenvalue weighted by atomic mass is 10.1. The molecule has 0 aliphatic heterocycles. The first-order chi connectivity index (χ1) is 11.2. The Morgan fingerprint density at radius 3 is 2.74 bits per heavy atom. The third-order valence-electron chi connectivity index (χ3n) is 3.81. The van der Waals surface area contributed by atoms with E-state index in [1.807, 2.05) is 53.1 Å². The van der Waals surface area contributed by atoms with Gasteiger partial charge in [-0.15, -0.1) is 0 Å². The van der Waals surface area contributed by atoms with Crippen LogP contribution in [0, 0.1) is 4.84 Å². The van der Waals surface area contributed by atoms with Crippen molar-refractivity contribution in [2.24, 2.45) is 0 Å². The number of aryl methyl sites for hydroxylation is 2. The van der Waals surface area contributed by atoms with Crippen LogP contribution in [0.1, 0.15) is 18.9 Å². The van der Waals surface area contributed by atoms with E-state index in [0.717, 1.165) is 28.8 Å². The molecule has 5 heteroatoms. The molecule has 4 nitrogen and oxygen atoms in total. The number of carbonyl (C=O) groups excluding carboxylic acids is 1. The average molecular weight is 326 g/mol. The van der Waals surface area contributed by atoms with Gasteiger partial charge in [-0.25, -0.2) is 0 Å². The molecule has 0 spiro atoms. The lowest BCUT2D eigenvalue weighted by Gasteiger charge is -2.10. The Morgan fingerprint density at radius 2 is 1.91 bits per heavy atom. The van der Waals surface area contributed by atoms with Gasteiger partial charge in [0.15, 0.2) is 5.58 Å². The number of amides is 1. The minimum Gasteiger partial charge on any atom is -0.429 e. The normalized spacial score (nSPS) is 10.8. The van der Waals surface area contributed by atoms with Crippen LogP contribution in [0.15, 0.2) is 52.9 Å². The van der Waals surface area contributed by atoms with Crippen LogP contribution < -0.4 is 5.32 Å². The van der Waals surface area contributed by atoms with Crippen LogP contribution >= 0.6 is 12.2 Å². The number of oxazole rings is 1. The van der Waals surface area contributed by atoms with E-state index in [9.17, 15) is 4.79 Å². The zero-order valence-electron chi connectivity index (χ0n) is 12.9. The van der Waals surface area contributed by atoms with Crippen molar-refractivity contribution in [3.8, 4) is 0 Å². The van der Waals surface area contributed by atoms with Crippen molar-refractivity contribution in [2.45, 2.75) is 26.3 Å². The third kappa shape index (κ3) is 3.35. The van der Waals surface area contributed by atoms with Gasteiger partial charge in [-0.2, -0.15) is 0 Å². The molecule has 118 valence electrons. The predicted octanol–water partition coefficient (Wildman–Crippen LogP) is 4.55. The SMILES string of the molecule is CCc1ccccc1NC(=O)CCn1c(=S)oc2ccccc21. The van der Waals surface area contributed by atoms with Gasteiger partial charge in [-0.1, -0.05) is 37.3 Å². The fourth-order valence-corrected chi connectivity index (χ4v) is 2.88. The molecule has 0 saturated heterocycles. The van der Waals surface area contributed by atoms with E-state index < -0.39 is 0 Å².